The van der Waals surface area contributed by atoms with Gasteiger partial charge < -0.3 is 10.2 Å². The zero-order valence-corrected chi connectivity index (χ0v) is 15.7. The summed E-state index contributed by atoms with van der Waals surface area (Å²) in [5.41, 5.74) is 3.86. The molecule has 1 aromatic carbocycles. The summed E-state index contributed by atoms with van der Waals surface area (Å²) in [6.07, 6.45) is 1.79. The molecule has 1 fully saturated rings. The largest absolute Gasteiger partial charge is 0.347 e. The first-order valence-corrected chi connectivity index (χ1v) is 9.07. The van der Waals surface area contributed by atoms with Gasteiger partial charge in [-0.3, -0.25) is 14.3 Å². The Morgan fingerprint density at radius 1 is 1.27 bits per heavy atom. The highest BCUT2D eigenvalue weighted by Gasteiger charge is 2.25. The highest BCUT2D eigenvalue weighted by Crippen LogP contribution is 2.19. The second-order valence-corrected chi connectivity index (χ2v) is 6.92. The predicted octanol–water partition coefficient (Wildman–Crippen LogP) is 2.06. The van der Waals surface area contributed by atoms with E-state index in [2.05, 4.69) is 10.4 Å². The van der Waals surface area contributed by atoms with Crippen LogP contribution in [-0.4, -0.2) is 39.6 Å². The molecule has 6 heteroatoms. The first-order valence-electron chi connectivity index (χ1n) is 9.07. The lowest BCUT2D eigenvalue weighted by Gasteiger charge is -2.25. The third-order valence-electron chi connectivity index (χ3n) is 5.11. The summed E-state index contributed by atoms with van der Waals surface area (Å²) >= 11 is 0. The number of carbonyl (C=O) groups excluding carboxylic acids is 2. The lowest BCUT2D eigenvalue weighted by atomic mass is 10.0. The van der Waals surface area contributed by atoms with Crippen LogP contribution in [0.15, 0.2) is 30.3 Å². The quantitative estimate of drug-likeness (QED) is 0.863. The van der Waals surface area contributed by atoms with Crippen LogP contribution in [0.5, 0.6) is 0 Å². The molecule has 1 aromatic heterocycles. The minimum absolute atomic E-state index is 0.0512. The molecule has 1 N–H and O–H groups in total. The maximum absolute atomic E-state index is 12.7. The van der Waals surface area contributed by atoms with Crippen LogP contribution < -0.4 is 5.32 Å². The summed E-state index contributed by atoms with van der Waals surface area (Å²) in [7, 11) is 1.88. The second kappa shape index (κ2) is 7.72. The van der Waals surface area contributed by atoms with E-state index in [1.165, 1.54) is 0 Å². The Bertz CT molecular complexity index is 798. The predicted molar refractivity (Wildman–Crippen MR) is 99.5 cm³/mol. The van der Waals surface area contributed by atoms with Crippen LogP contribution in [0.3, 0.4) is 0 Å². The van der Waals surface area contributed by atoms with Crippen molar-refractivity contribution in [2.75, 3.05) is 13.1 Å². The molecule has 0 spiro atoms. The van der Waals surface area contributed by atoms with E-state index in [4.69, 9.17) is 0 Å². The fourth-order valence-corrected chi connectivity index (χ4v) is 3.52. The van der Waals surface area contributed by atoms with Crippen LogP contribution in [0.4, 0.5) is 0 Å². The lowest BCUT2D eigenvalue weighted by molar-refractivity contribution is -0.129. The van der Waals surface area contributed by atoms with Gasteiger partial charge >= 0.3 is 0 Å². The molecule has 1 aliphatic heterocycles. The van der Waals surface area contributed by atoms with Crippen molar-refractivity contribution in [2.24, 2.45) is 7.05 Å². The van der Waals surface area contributed by atoms with Crippen LogP contribution >= 0.6 is 0 Å². The van der Waals surface area contributed by atoms with E-state index in [1.807, 2.05) is 56.1 Å². The van der Waals surface area contributed by atoms with E-state index in [1.54, 1.807) is 4.68 Å². The number of nitrogens with zero attached hydrogens (tertiary/aromatic N) is 3. The highest BCUT2D eigenvalue weighted by molar-refractivity contribution is 5.80. The van der Waals surface area contributed by atoms with Crippen molar-refractivity contribution in [3.63, 3.8) is 0 Å². The normalized spacial score (nSPS) is 15.3. The average molecular weight is 354 g/mol. The Labute approximate surface area is 154 Å². The van der Waals surface area contributed by atoms with Gasteiger partial charge in [0.05, 0.1) is 18.2 Å². The summed E-state index contributed by atoms with van der Waals surface area (Å²) in [4.78, 5) is 26.6. The molecule has 0 saturated carbocycles. The number of hydrogen-bond acceptors (Lipinski definition) is 3. The Kier molecular flexibility index (Phi) is 5.40. The molecule has 0 radical (unpaired) electrons. The molecule has 2 amide bonds. The first kappa shape index (κ1) is 18.2. The molecule has 0 aliphatic carbocycles. The Balaban J connectivity index is 1.74. The SMILES string of the molecule is Cc1nn(C)c(C)c1CC(=O)NC(CN1CCCC1=O)c1ccccc1. The third kappa shape index (κ3) is 3.95. The van der Waals surface area contributed by atoms with Crippen molar-refractivity contribution in [1.82, 2.24) is 20.0 Å². The van der Waals surface area contributed by atoms with Crippen molar-refractivity contribution in [1.29, 1.82) is 0 Å². The number of likely N-dealkylation sites (tertiary alicyclic amines) is 1. The van der Waals surface area contributed by atoms with Gasteiger partial charge in [0.1, 0.15) is 0 Å². The summed E-state index contributed by atoms with van der Waals surface area (Å²) in [6.45, 7) is 5.17. The maximum Gasteiger partial charge on any atom is 0.225 e. The molecular formula is C20H26N4O2. The minimum Gasteiger partial charge on any atom is -0.347 e. The number of nitrogens with one attached hydrogen (secondary N) is 1. The second-order valence-electron chi connectivity index (χ2n) is 6.92. The highest BCUT2D eigenvalue weighted by atomic mass is 16.2. The van der Waals surface area contributed by atoms with Gasteiger partial charge in [-0.2, -0.15) is 5.10 Å². The van der Waals surface area contributed by atoms with Crippen LogP contribution in [0, 0.1) is 13.8 Å². The fourth-order valence-electron chi connectivity index (χ4n) is 3.52. The zero-order chi connectivity index (χ0) is 18.7. The van der Waals surface area contributed by atoms with Gasteiger partial charge in [0.15, 0.2) is 0 Å². The standard InChI is InChI=1S/C20H26N4O2/c1-14-17(15(2)23(3)22-14)12-19(25)21-18(16-8-5-4-6-9-16)13-24-11-7-10-20(24)26/h4-6,8-9,18H,7,10-13H2,1-3H3,(H,21,25). The van der Waals surface area contributed by atoms with E-state index in [0.717, 1.165) is 35.5 Å². The molecule has 1 unspecified atom stereocenters. The topological polar surface area (TPSA) is 67.2 Å². The monoisotopic (exact) mass is 354 g/mol. The van der Waals surface area contributed by atoms with Crippen molar-refractivity contribution in [3.05, 3.63) is 52.8 Å². The molecule has 3 rings (SSSR count). The summed E-state index contributed by atoms with van der Waals surface area (Å²) < 4.78 is 1.80. The van der Waals surface area contributed by atoms with Crippen molar-refractivity contribution in [2.45, 2.75) is 39.2 Å². The summed E-state index contributed by atoms with van der Waals surface area (Å²) in [5, 5.41) is 7.50. The molecule has 1 atom stereocenters. The van der Waals surface area contributed by atoms with E-state index in [0.29, 0.717) is 19.4 Å². The molecular weight excluding hydrogens is 328 g/mol. The average Bonchev–Trinajstić information content (AvgIpc) is 3.13. The van der Waals surface area contributed by atoms with E-state index in [9.17, 15) is 9.59 Å². The molecule has 26 heavy (non-hydrogen) atoms. The van der Waals surface area contributed by atoms with Gasteiger partial charge in [0.2, 0.25) is 11.8 Å². The van der Waals surface area contributed by atoms with Crippen molar-refractivity contribution >= 4 is 11.8 Å². The minimum atomic E-state index is -0.206. The number of rotatable bonds is 6. The lowest BCUT2D eigenvalue weighted by Crippen LogP contribution is -2.39. The molecule has 138 valence electrons. The fraction of sp³-hybridized carbons (Fsp3) is 0.450. The summed E-state index contributed by atoms with van der Waals surface area (Å²) in [6, 6.07) is 9.64. The van der Waals surface area contributed by atoms with Crippen molar-refractivity contribution in [3.8, 4) is 0 Å². The van der Waals surface area contributed by atoms with Crippen LogP contribution in [0.2, 0.25) is 0 Å². The number of amides is 2. The molecule has 2 aromatic rings. The van der Waals surface area contributed by atoms with Gasteiger partial charge in [-0.25, -0.2) is 0 Å². The van der Waals surface area contributed by atoms with Gasteiger partial charge in [-0.05, 0) is 25.8 Å². The van der Waals surface area contributed by atoms with E-state index < -0.39 is 0 Å². The number of carbonyl (C=O) groups is 2. The number of hydrogen-bond donors (Lipinski definition) is 1. The van der Waals surface area contributed by atoms with Crippen LogP contribution in [0.25, 0.3) is 0 Å². The number of aromatic nitrogens is 2. The summed E-state index contributed by atoms with van der Waals surface area (Å²) in [5.74, 6) is 0.115. The third-order valence-corrected chi connectivity index (χ3v) is 5.11. The first-order chi connectivity index (χ1) is 12.5. The molecule has 0 bridgehead atoms. The van der Waals surface area contributed by atoms with E-state index in [-0.39, 0.29) is 17.9 Å². The van der Waals surface area contributed by atoms with Crippen LogP contribution in [0.1, 0.15) is 41.4 Å². The van der Waals surface area contributed by atoms with Crippen LogP contribution in [-0.2, 0) is 23.1 Å². The Hall–Kier alpha value is -2.63. The smallest absolute Gasteiger partial charge is 0.225 e. The zero-order valence-electron chi connectivity index (χ0n) is 15.7. The maximum atomic E-state index is 12.7. The van der Waals surface area contributed by atoms with Gasteiger partial charge in [-0.15, -0.1) is 0 Å². The Morgan fingerprint density at radius 2 is 2.00 bits per heavy atom. The number of benzene rings is 1. The molecule has 6 nitrogen and oxygen atoms in total. The van der Waals surface area contributed by atoms with Gasteiger partial charge in [-0.1, -0.05) is 30.3 Å². The van der Waals surface area contributed by atoms with Crippen molar-refractivity contribution < 1.29 is 9.59 Å². The van der Waals surface area contributed by atoms with Gasteiger partial charge in [0.25, 0.3) is 0 Å². The van der Waals surface area contributed by atoms with E-state index >= 15 is 0 Å². The Morgan fingerprint density at radius 3 is 2.58 bits per heavy atom. The molecule has 2 heterocycles. The molecule has 1 saturated heterocycles. The molecule has 1 aliphatic rings. The van der Waals surface area contributed by atoms with Gasteiger partial charge in [0, 0.05) is 37.8 Å². The number of aryl methyl sites for hydroxylation is 2.